The number of rotatable bonds is 5. The van der Waals surface area contributed by atoms with E-state index in [0.29, 0.717) is 17.3 Å². The third-order valence-corrected chi connectivity index (χ3v) is 3.61. The summed E-state index contributed by atoms with van der Waals surface area (Å²) in [5.41, 5.74) is 5.59. The Labute approximate surface area is 111 Å². The number of halogens is 1. The van der Waals surface area contributed by atoms with Crippen LogP contribution in [-0.2, 0) is 0 Å². The summed E-state index contributed by atoms with van der Waals surface area (Å²) < 4.78 is 0. The van der Waals surface area contributed by atoms with Crippen LogP contribution in [-0.4, -0.2) is 17.0 Å². The fraction of sp³-hybridized carbons (Fsp3) is 0.500. The fourth-order valence-electron chi connectivity index (χ4n) is 1.51. The van der Waals surface area contributed by atoms with Gasteiger partial charge in [-0.25, -0.2) is 0 Å². The number of nitrogens with two attached hydrogens (primary N) is 1. The first-order chi connectivity index (χ1) is 8.31. The third kappa shape index (κ3) is 2.91. The molecule has 0 spiro atoms. The van der Waals surface area contributed by atoms with E-state index in [9.17, 15) is 10.1 Å². The van der Waals surface area contributed by atoms with Gasteiger partial charge < -0.3 is 11.1 Å². The normalized spacial score (nSPS) is 14.3. The highest BCUT2D eigenvalue weighted by atomic mass is 35.5. The first kappa shape index (κ1) is 14.7. The number of hydrogen-bond acceptors (Lipinski definition) is 4. The van der Waals surface area contributed by atoms with Gasteiger partial charge in [-0.05, 0) is 18.9 Å². The maximum Gasteiger partial charge on any atom is 0.293 e. The van der Waals surface area contributed by atoms with E-state index in [1.807, 2.05) is 20.8 Å². The van der Waals surface area contributed by atoms with Crippen molar-refractivity contribution in [1.82, 2.24) is 0 Å². The van der Waals surface area contributed by atoms with Crippen molar-refractivity contribution in [3.05, 3.63) is 33.3 Å². The second-order valence-corrected chi connectivity index (χ2v) is 5.20. The molecule has 100 valence electrons. The summed E-state index contributed by atoms with van der Waals surface area (Å²) in [5.74, 6) is 0.207. The molecule has 0 aliphatic heterocycles. The average molecular weight is 272 g/mol. The van der Waals surface area contributed by atoms with Gasteiger partial charge in [0.1, 0.15) is 5.69 Å². The van der Waals surface area contributed by atoms with E-state index in [4.69, 9.17) is 17.3 Å². The summed E-state index contributed by atoms with van der Waals surface area (Å²) in [6.07, 6.45) is 0. The zero-order valence-corrected chi connectivity index (χ0v) is 11.5. The predicted octanol–water partition coefficient (Wildman–Crippen LogP) is 3.03. The Morgan fingerprint density at radius 1 is 1.56 bits per heavy atom. The summed E-state index contributed by atoms with van der Waals surface area (Å²) in [4.78, 5) is 10.5. The second-order valence-electron chi connectivity index (χ2n) is 4.79. The van der Waals surface area contributed by atoms with Crippen molar-refractivity contribution in [2.75, 3.05) is 11.9 Å². The molecule has 1 aromatic rings. The quantitative estimate of drug-likeness (QED) is 0.637. The molecule has 0 aromatic heterocycles. The lowest BCUT2D eigenvalue weighted by Gasteiger charge is -2.34. The van der Waals surface area contributed by atoms with Gasteiger partial charge in [0.25, 0.3) is 5.69 Å². The Morgan fingerprint density at radius 2 is 2.17 bits per heavy atom. The van der Waals surface area contributed by atoms with E-state index in [1.54, 1.807) is 12.1 Å². The van der Waals surface area contributed by atoms with Crippen LogP contribution >= 0.6 is 11.6 Å². The number of nitrogens with one attached hydrogen (secondary N) is 1. The number of anilines is 1. The molecule has 1 aromatic carbocycles. The largest absolute Gasteiger partial charge is 0.372 e. The standard InChI is InChI=1S/C12H18ClN3O2/c1-8(2)12(3,7-14)15-11-9(13)5-4-6-10(11)16(17)18/h4-6,8,15H,7,14H2,1-3H3. The summed E-state index contributed by atoms with van der Waals surface area (Å²) in [7, 11) is 0. The topological polar surface area (TPSA) is 81.2 Å². The molecule has 5 nitrogen and oxygen atoms in total. The van der Waals surface area contributed by atoms with Gasteiger partial charge in [-0.2, -0.15) is 0 Å². The number of nitro benzene ring substituents is 1. The van der Waals surface area contributed by atoms with Crippen LogP contribution in [0.25, 0.3) is 0 Å². The molecule has 6 heteroatoms. The molecule has 0 bridgehead atoms. The highest BCUT2D eigenvalue weighted by Gasteiger charge is 2.30. The molecular weight excluding hydrogens is 254 g/mol. The van der Waals surface area contributed by atoms with Gasteiger partial charge in [-0.1, -0.05) is 31.5 Å². The van der Waals surface area contributed by atoms with Crippen LogP contribution in [0.5, 0.6) is 0 Å². The molecule has 1 unspecified atom stereocenters. The first-order valence-corrected chi connectivity index (χ1v) is 6.10. The van der Waals surface area contributed by atoms with Crippen molar-refractivity contribution in [1.29, 1.82) is 0 Å². The zero-order valence-electron chi connectivity index (χ0n) is 10.7. The van der Waals surface area contributed by atoms with E-state index in [-0.39, 0.29) is 11.6 Å². The SMILES string of the molecule is CC(C)C(C)(CN)Nc1c(Cl)cccc1[N+](=O)[O-]. The molecule has 0 aliphatic carbocycles. The monoisotopic (exact) mass is 271 g/mol. The Hall–Kier alpha value is -1.33. The summed E-state index contributed by atoms with van der Waals surface area (Å²) in [6, 6.07) is 4.60. The van der Waals surface area contributed by atoms with Crippen molar-refractivity contribution in [3.63, 3.8) is 0 Å². The van der Waals surface area contributed by atoms with E-state index in [2.05, 4.69) is 5.32 Å². The Morgan fingerprint density at radius 3 is 2.61 bits per heavy atom. The van der Waals surface area contributed by atoms with E-state index in [1.165, 1.54) is 6.07 Å². The molecule has 18 heavy (non-hydrogen) atoms. The van der Waals surface area contributed by atoms with Crippen molar-refractivity contribution in [2.45, 2.75) is 26.3 Å². The van der Waals surface area contributed by atoms with Gasteiger partial charge in [0.15, 0.2) is 0 Å². The number of nitro groups is 1. The average Bonchev–Trinajstić information content (AvgIpc) is 2.30. The maximum absolute atomic E-state index is 11.0. The van der Waals surface area contributed by atoms with Crippen LogP contribution in [0, 0.1) is 16.0 Å². The third-order valence-electron chi connectivity index (χ3n) is 3.30. The van der Waals surface area contributed by atoms with Crippen LogP contribution in [0.1, 0.15) is 20.8 Å². The van der Waals surface area contributed by atoms with Crippen LogP contribution in [0.2, 0.25) is 5.02 Å². The number of nitrogens with zero attached hydrogens (tertiary/aromatic N) is 1. The van der Waals surface area contributed by atoms with Crippen molar-refractivity contribution >= 4 is 23.0 Å². The number of benzene rings is 1. The van der Waals surface area contributed by atoms with Crippen LogP contribution in [0.4, 0.5) is 11.4 Å². The minimum absolute atomic E-state index is 0.0391. The van der Waals surface area contributed by atoms with Gasteiger partial charge in [0.05, 0.1) is 9.95 Å². The lowest BCUT2D eigenvalue weighted by atomic mass is 9.88. The molecule has 0 fully saturated rings. The van der Waals surface area contributed by atoms with Crippen LogP contribution in [0.3, 0.4) is 0 Å². The lowest BCUT2D eigenvalue weighted by Crippen LogP contribution is -2.47. The Balaban J connectivity index is 3.21. The fourth-order valence-corrected chi connectivity index (χ4v) is 1.72. The Bertz CT molecular complexity index is 451. The van der Waals surface area contributed by atoms with Crippen molar-refractivity contribution < 1.29 is 4.92 Å². The number of hydrogen-bond donors (Lipinski definition) is 2. The van der Waals surface area contributed by atoms with Gasteiger partial charge in [-0.3, -0.25) is 10.1 Å². The van der Waals surface area contributed by atoms with Crippen molar-refractivity contribution in [2.24, 2.45) is 11.7 Å². The Kier molecular flexibility index (Phi) is 4.53. The molecule has 0 saturated carbocycles. The molecule has 1 rings (SSSR count). The smallest absolute Gasteiger partial charge is 0.293 e. The lowest BCUT2D eigenvalue weighted by molar-refractivity contribution is -0.384. The van der Waals surface area contributed by atoms with E-state index < -0.39 is 10.5 Å². The second kappa shape index (κ2) is 5.54. The minimum Gasteiger partial charge on any atom is -0.372 e. The predicted molar refractivity (Wildman–Crippen MR) is 74.0 cm³/mol. The molecule has 3 N–H and O–H groups in total. The van der Waals surface area contributed by atoms with E-state index in [0.717, 1.165) is 0 Å². The van der Waals surface area contributed by atoms with Gasteiger partial charge in [0, 0.05) is 18.2 Å². The highest BCUT2D eigenvalue weighted by Crippen LogP contribution is 2.35. The maximum atomic E-state index is 11.0. The van der Waals surface area contributed by atoms with Gasteiger partial charge in [-0.15, -0.1) is 0 Å². The molecule has 0 radical (unpaired) electrons. The zero-order chi connectivity index (χ0) is 13.9. The highest BCUT2D eigenvalue weighted by molar-refractivity contribution is 6.33. The summed E-state index contributed by atoms with van der Waals surface area (Å²) >= 11 is 6.03. The molecule has 0 aliphatic rings. The van der Waals surface area contributed by atoms with Gasteiger partial charge in [0.2, 0.25) is 0 Å². The molecule has 0 saturated heterocycles. The molecule has 0 amide bonds. The van der Waals surface area contributed by atoms with Crippen molar-refractivity contribution in [3.8, 4) is 0 Å². The summed E-state index contributed by atoms with van der Waals surface area (Å²) in [6.45, 7) is 6.28. The molecule has 0 heterocycles. The molecular formula is C12H18ClN3O2. The van der Waals surface area contributed by atoms with Crippen LogP contribution < -0.4 is 11.1 Å². The first-order valence-electron chi connectivity index (χ1n) is 5.73. The van der Waals surface area contributed by atoms with E-state index >= 15 is 0 Å². The number of para-hydroxylation sites is 1. The molecule has 1 atom stereocenters. The minimum atomic E-state index is -0.453. The summed E-state index contributed by atoms with van der Waals surface area (Å²) in [5, 5.41) is 14.4. The van der Waals surface area contributed by atoms with Gasteiger partial charge >= 0.3 is 0 Å². The van der Waals surface area contributed by atoms with Crippen LogP contribution in [0.15, 0.2) is 18.2 Å².